The molecule has 0 heterocycles. The topological polar surface area (TPSA) is 0 Å². The zero-order valence-corrected chi connectivity index (χ0v) is 4.07. The third-order valence-corrected chi connectivity index (χ3v) is 0.729. The van der Waals surface area contributed by atoms with Crippen molar-refractivity contribution >= 4 is 0 Å². The van der Waals surface area contributed by atoms with Crippen molar-refractivity contribution in [3.05, 3.63) is 6.92 Å². The first-order valence-corrected chi connectivity index (χ1v) is 2.10. The molecule has 0 radical (unpaired) electrons. The standard InChI is InChI=1S/C6H9/c1-4-6(3)5-2/h1,6H,3,5H2,2H3/q-1. The molecule has 0 nitrogen and oxygen atoms in total. The van der Waals surface area contributed by atoms with E-state index in [1.807, 2.05) is 6.92 Å². The summed E-state index contributed by atoms with van der Waals surface area (Å²) in [6, 6.07) is 0. The van der Waals surface area contributed by atoms with Gasteiger partial charge >= 0.3 is 0 Å². The first kappa shape index (κ1) is 5.56. The second-order valence-electron chi connectivity index (χ2n) is 1.27. The predicted molar refractivity (Wildman–Crippen MR) is 28.0 cm³/mol. The van der Waals surface area contributed by atoms with Crippen LogP contribution < -0.4 is 0 Å². The van der Waals surface area contributed by atoms with Crippen molar-refractivity contribution in [2.45, 2.75) is 13.3 Å². The van der Waals surface area contributed by atoms with E-state index in [-0.39, 0.29) is 5.92 Å². The zero-order chi connectivity index (χ0) is 4.99. The van der Waals surface area contributed by atoms with Gasteiger partial charge in [0.15, 0.2) is 0 Å². The minimum atomic E-state index is 0.213. The van der Waals surface area contributed by atoms with Crippen LogP contribution in [0.4, 0.5) is 0 Å². The molecule has 0 aromatic heterocycles. The van der Waals surface area contributed by atoms with Crippen molar-refractivity contribution in [3.8, 4) is 12.3 Å². The summed E-state index contributed by atoms with van der Waals surface area (Å²) in [5, 5.41) is 0. The lowest BCUT2D eigenvalue weighted by molar-refractivity contribution is 0.797. The number of hydrogen-bond donors (Lipinski definition) is 0. The minimum Gasteiger partial charge on any atom is -0.329 e. The van der Waals surface area contributed by atoms with Crippen LogP contribution in [0.25, 0.3) is 0 Å². The highest BCUT2D eigenvalue weighted by Crippen LogP contribution is 1.93. The maximum absolute atomic E-state index is 4.97. The second-order valence-corrected chi connectivity index (χ2v) is 1.27. The Balaban J connectivity index is 3.04. The van der Waals surface area contributed by atoms with Crippen LogP contribution in [-0.2, 0) is 0 Å². The average molecular weight is 81.1 g/mol. The van der Waals surface area contributed by atoms with Crippen molar-refractivity contribution in [2.24, 2.45) is 5.92 Å². The van der Waals surface area contributed by atoms with Gasteiger partial charge in [-0.3, -0.25) is 0 Å². The van der Waals surface area contributed by atoms with E-state index >= 15 is 0 Å². The fraction of sp³-hybridized carbons (Fsp3) is 0.500. The molecule has 0 aliphatic heterocycles. The van der Waals surface area contributed by atoms with Gasteiger partial charge in [-0.15, -0.1) is 18.3 Å². The summed E-state index contributed by atoms with van der Waals surface area (Å²) >= 11 is 0. The number of hydrogen-bond acceptors (Lipinski definition) is 0. The van der Waals surface area contributed by atoms with Gasteiger partial charge in [-0.05, 0) is 0 Å². The van der Waals surface area contributed by atoms with Gasteiger partial charge in [-0.1, -0.05) is 13.3 Å². The third-order valence-electron chi connectivity index (χ3n) is 0.729. The number of terminal acetylenes is 1. The van der Waals surface area contributed by atoms with Crippen LogP contribution in [0, 0.1) is 25.2 Å². The molecule has 0 saturated carbocycles. The smallest absolute Gasteiger partial charge is 0.0667 e. The van der Waals surface area contributed by atoms with Gasteiger partial charge in [0.1, 0.15) is 0 Å². The summed E-state index contributed by atoms with van der Waals surface area (Å²) in [5.41, 5.74) is 0. The first-order valence-electron chi connectivity index (χ1n) is 2.10. The van der Waals surface area contributed by atoms with Gasteiger partial charge in [-0.25, -0.2) is 0 Å². The van der Waals surface area contributed by atoms with Crippen molar-refractivity contribution in [1.29, 1.82) is 0 Å². The summed E-state index contributed by atoms with van der Waals surface area (Å²) in [7, 11) is 0. The van der Waals surface area contributed by atoms with E-state index in [1.165, 1.54) is 0 Å². The molecule has 0 amide bonds. The Bertz CT molecular complexity index is 56.9. The fourth-order valence-corrected chi connectivity index (χ4v) is 0.118. The van der Waals surface area contributed by atoms with Crippen LogP contribution in [0.3, 0.4) is 0 Å². The Labute approximate surface area is 39.6 Å². The summed E-state index contributed by atoms with van der Waals surface area (Å²) in [6.45, 7) is 5.66. The molecule has 0 rings (SSSR count). The predicted octanol–water partition coefficient (Wildman–Crippen LogP) is 1.48. The molecule has 0 N–H and O–H groups in total. The van der Waals surface area contributed by atoms with E-state index in [9.17, 15) is 0 Å². The summed E-state index contributed by atoms with van der Waals surface area (Å²) in [5.74, 6) is 2.72. The molecule has 0 aliphatic rings. The molecule has 0 aliphatic carbocycles. The molecule has 0 fully saturated rings. The van der Waals surface area contributed by atoms with E-state index < -0.39 is 0 Å². The highest BCUT2D eigenvalue weighted by molar-refractivity contribution is 4.93. The quantitative estimate of drug-likeness (QED) is 0.331. The summed E-state index contributed by atoms with van der Waals surface area (Å²) < 4.78 is 0. The zero-order valence-electron chi connectivity index (χ0n) is 4.07. The second kappa shape index (κ2) is 2.78. The molecular weight excluding hydrogens is 72.1 g/mol. The third kappa shape index (κ3) is 1.84. The average Bonchev–Trinajstić information content (AvgIpc) is 1.65. The van der Waals surface area contributed by atoms with Gasteiger partial charge in [-0.2, -0.15) is 0 Å². The van der Waals surface area contributed by atoms with E-state index in [1.54, 1.807) is 0 Å². The van der Waals surface area contributed by atoms with Crippen LogP contribution in [0.1, 0.15) is 13.3 Å². The fourth-order valence-electron chi connectivity index (χ4n) is 0.118. The summed E-state index contributed by atoms with van der Waals surface area (Å²) in [4.78, 5) is 0. The Morgan fingerprint density at radius 3 is 2.50 bits per heavy atom. The molecule has 0 heteroatoms. The summed E-state index contributed by atoms with van der Waals surface area (Å²) in [6.07, 6.45) is 5.95. The number of rotatable bonds is 1. The van der Waals surface area contributed by atoms with Crippen LogP contribution >= 0.6 is 0 Å². The molecule has 34 valence electrons. The van der Waals surface area contributed by atoms with E-state index in [0.717, 1.165) is 6.42 Å². The Kier molecular flexibility index (Phi) is 2.58. The molecule has 0 bridgehead atoms. The van der Waals surface area contributed by atoms with Gasteiger partial charge in [0, 0.05) is 0 Å². The lowest BCUT2D eigenvalue weighted by atomic mass is 10.1. The van der Waals surface area contributed by atoms with E-state index in [4.69, 9.17) is 6.42 Å². The van der Waals surface area contributed by atoms with Gasteiger partial charge in [0.2, 0.25) is 0 Å². The molecule has 6 heavy (non-hydrogen) atoms. The molecular formula is C6H9-. The van der Waals surface area contributed by atoms with Gasteiger partial charge in [0.05, 0.1) is 0 Å². The first-order chi connectivity index (χ1) is 2.81. The minimum absolute atomic E-state index is 0.213. The largest absolute Gasteiger partial charge is 0.329 e. The van der Waals surface area contributed by atoms with Crippen LogP contribution in [0.5, 0.6) is 0 Å². The van der Waals surface area contributed by atoms with Gasteiger partial charge < -0.3 is 6.92 Å². The molecule has 1 atom stereocenters. The molecule has 0 aromatic carbocycles. The normalized spacial score (nSPS) is 12.8. The van der Waals surface area contributed by atoms with Crippen molar-refractivity contribution in [2.75, 3.05) is 0 Å². The lowest BCUT2D eigenvalue weighted by Crippen LogP contribution is -1.82. The molecule has 0 aromatic rings. The highest BCUT2D eigenvalue weighted by atomic mass is 13.9. The Hall–Kier alpha value is -0.440. The van der Waals surface area contributed by atoms with Crippen molar-refractivity contribution < 1.29 is 0 Å². The van der Waals surface area contributed by atoms with Crippen LogP contribution in [-0.4, -0.2) is 0 Å². The van der Waals surface area contributed by atoms with Crippen molar-refractivity contribution in [3.63, 3.8) is 0 Å². The molecule has 0 spiro atoms. The SMILES string of the molecule is C#CC([CH2-])CC. The van der Waals surface area contributed by atoms with Crippen molar-refractivity contribution in [1.82, 2.24) is 0 Å². The highest BCUT2D eigenvalue weighted by Gasteiger charge is 1.75. The van der Waals surface area contributed by atoms with Gasteiger partial charge in [0.25, 0.3) is 0 Å². The van der Waals surface area contributed by atoms with E-state index in [0.29, 0.717) is 0 Å². The maximum Gasteiger partial charge on any atom is -0.0667 e. The molecule has 0 saturated heterocycles. The Morgan fingerprint density at radius 1 is 2.00 bits per heavy atom. The lowest BCUT2D eigenvalue weighted by Gasteiger charge is -2.00. The van der Waals surface area contributed by atoms with Crippen LogP contribution in [0.15, 0.2) is 0 Å². The monoisotopic (exact) mass is 81.1 g/mol. The Morgan fingerprint density at radius 2 is 2.50 bits per heavy atom. The van der Waals surface area contributed by atoms with Crippen LogP contribution in [0.2, 0.25) is 0 Å². The maximum atomic E-state index is 4.97. The molecule has 1 unspecified atom stereocenters. The van der Waals surface area contributed by atoms with E-state index in [2.05, 4.69) is 12.8 Å².